The zero-order valence-electron chi connectivity index (χ0n) is 8.93. The van der Waals surface area contributed by atoms with Crippen molar-refractivity contribution in [3.8, 4) is 6.07 Å². The summed E-state index contributed by atoms with van der Waals surface area (Å²) in [6.07, 6.45) is 2.94. The maximum Gasteiger partial charge on any atom is 0.158 e. The van der Waals surface area contributed by atoms with Gasteiger partial charge in [-0.2, -0.15) is 5.26 Å². The third-order valence-electron chi connectivity index (χ3n) is 2.12. The zero-order valence-corrected chi connectivity index (χ0v) is 10.6. The van der Waals surface area contributed by atoms with E-state index in [0.29, 0.717) is 0 Å². The Morgan fingerprint density at radius 3 is 2.31 bits per heavy atom. The van der Waals surface area contributed by atoms with Crippen molar-refractivity contribution >= 4 is 22.6 Å². The molecule has 1 aromatic carbocycles. The minimum Gasteiger partial charge on any atom is -0.255 e. The molecular weight excluding hydrogens is 252 g/mol. The van der Waals surface area contributed by atoms with Crippen molar-refractivity contribution in [2.75, 3.05) is 12.5 Å². The van der Waals surface area contributed by atoms with Crippen LogP contribution in [0.1, 0.15) is 11.1 Å². The molecule has 0 heterocycles. The lowest BCUT2D eigenvalue weighted by Crippen LogP contribution is -2.05. The van der Waals surface area contributed by atoms with Gasteiger partial charge < -0.3 is 0 Å². The SMILES string of the molecule is CSc1c(F)c(C#N)c(F)c(C)c1S(C)=O. The molecule has 0 bridgehead atoms. The van der Waals surface area contributed by atoms with Gasteiger partial charge in [-0.05, 0) is 13.2 Å². The lowest BCUT2D eigenvalue weighted by Gasteiger charge is -2.12. The largest absolute Gasteiger partial charge is 0.255 e. The van der Waals surface area contributed by atoms with E-state index in [1.165, 1.54) is 19.2 Å². The number of hydrogen-bond donors (Lipinski definition) is 0. The fourth-order valence-corrected chi connectivity index (χ4v) is 3.49. The molecule has 6 heteroatoms. The predicted molar refractivity (Wildman–Crippen MR) is 59.9 cm³/mol. The third-order valence-corrected chi connectivity index (χ3v) is 4.12. The number of benzene rings is 1. The number of nitriles is 1. The van der Waals surface area contributed by atoms with Crippen molar-refractivity contribution in [3.05, 3.63) is 22.8 Å². The van der Waals surface area contributed by atoms with E-state index in [9.17, 15) is 13.0 Å². The molecular formula is C10H9F2NOS2. The van der Waals surface area contributed by atoms with Gasteiger partial charge in [0.25, 0.3) is 0 Å². The standard InChI is InChI=1S/C10H9F2NOS2/c1-5-7(11)6(4-13)8(12)9(15-2)10(5)16(3)14/h1-3H3. The van der Waals surface area contributed by atoms with E-state index in [1.807, 2.05) is 0 Å². The first-order chi connectivity index (χ1) is 7.45. The molecule has 1 atom stereocenters. The van der Waals surface area contributed by atoms with Crippen LogP contribution >= 0.6 is 11.8 Å². The summed E-state index contributed by atoms with van der Waals surface area (Å²) in [6, 6.07) is 1.48. The molecule has 0 aromatic heterocycles. The van der Waals surface area contributed by atoms with E-state index >= 15 is 0 Å². The van der Waals surface area contributed by atoms with Crippen LogP contribution in [0.25, 0.3) is 0 Å². The molecule has 0 radical (unpaired) electrons. The van der Waals surface area contributed by atoms with Gasteiger partial charge >= 0.3 is 0 Å². The Kier molecular flexibility index (Phi) is 4.05. The minimum atomic E-state index is -1.49. The highest BCUT2D eigenvalue weighted by Crippen LogP contribution is 2.33. The van der Waals surface area contributed by atoms with Crippen molar-refractivity contribution in [2.45, 2.75) is 16.7 Å². The average Bonchev–Trinajstić information content (AvgIpc) is 2.23. The maximum atomic E-state index is 13.7. The zero-order chi connectivity index (χ0) is 12.5. The second kappa shape index (κ2) is 4.93. The summed E-state index contributed by atoms with van der Waals surface area (Å²) in [5, 5.41) is 8.66. The van der Waals surface area contributed by atoms with Crippen LogP contribution in [-0.2, 0) is 10.8 Å². The van der Waals surface area contributed by atoms with Crippen LogP contribution in [0.2, 0.25) is 0 Å². The van der Waals surface area contributed by atoms with Gasteiger partial charge in [-0.15, -0.1) is 11.8 Å². The van der Waals surface area contributed by atoms with E-state index < -0.39 is 28.0 Å². The van der Waals surface area contributed by atoms with Crippen molar-refractivity contribution < 1.29 is 13.0 Å². The van der Waals surface area contributed by atoms with Crippen LogP contribution in [0.4, 0.5) is 8.78 Å². The summed E-state index contributed by atoms with van der Waals surface area (Å²) in [5.74, 6) is -1.86. The molecule has 0 saturated carbocycles. The fourth-order valence-electron chi connectivity index (χ4n) is 1.39. The topological polar surface area (TPSA) is 40.9 Å². The van der Waals surface area contributed by atoms with Crippen LogP contribution in [-0.4, -0.2) is 16.7 Å². The molecule has 0 saturated heterocycles. The van der Waals surface area contributed by atoms with E-state index in [-0.39, 0.29) is 15.4 Å². The van der Waals surface area contributed by atoms with Gasteiger partial charge in [-0.3, -0.25) is 4.21 Å². The Morgan fingerprint density at radius 1 is 1.38 bits per heavy atom. The Bertz CT molecular complexity index is 509. The van der Waals surface area contributed by atoms with Crippen molar-refractivity contribution in [3.63, 3.8) is 0 Å². The van der Waals surface area contributed by atoms with Gasteiger partial charge in [0.1, 0.15) is 17.4 Å². The summed E-state index contributed by atoms with van der Waals surface area (Å²) in [4.78, 5) is 0.206. The maximum absolute atomic E-state index is 13.7. The van der Waals surface area contributed by atoms with Crippen LogP contribution in [0.3, 0.4) is 0 Å². The molecule has 1 aromatic rings. The normalized spacial score (nSPS) is 12.2. The molecule has 1 unspecified atom stereocenters. The molecule has 2 nitrogen and oxygen atoms in total. The molecule has 0 amide bonds. The monoisotopic (exact) mass is 261 g/mol. The van der Waals surface area contributed by atoms with Gasteiger partial charge in [-0.1, -0.05) is 0 Å². The van der Waals surface area contributed by atoms with Crippen molar-refractivity contribution in [1.29, 1.82) is 5.26 Å². The van der Waals surface area contributed by atoms with Crippen LogP contribution < -0.4 is 0 Å². The highest BCUT2D eigenvalue weighted by molar-refractivity contribution is 7.99. The first-order valence-corrected chi connectivity index (χ1v) is 7.03. The quantitative estimate of drug-likeness (QED) is 0.768. The second-order valence-corrected chi connectivity index (χ2v) is 5.19. The predicted octanol–water partition coefficient (Wildman–Crippen LogP) is 2.60. The molecule has 86 valence electrons. The highest BCUT2D eigenvalue weighted by Gasteiger charge is 2.23. The summed E-state index contributed by atoms with van der Waals surface area (Å²) in [7, 11) is -1.49. The summed E-state index contributed by atoms with van der Waals surface area (Å²) >= 11 is 1.02. The first kappa shape index (κ1) is 13.1. The third kappa shape index (κ3) is 1.97. The van der Waals surface area contributed by atoms with Crippen molar-refractivity contribution in [2.24, 2.45) is 0 Å². The number of halogens is 2. The van der Waals surface area contributed by atoms with Crippen LogP contribution in [0.15, 0.2) is 9.79 Å². The molecule has 0 N–H and O–H groups in total. The van der Waals surface area contributed by atoms with Crippen molar-refractivity contribution in [1.82, 2.24) is 0 Å². The fraction of sp³-hybridized carbons (Fsp3) is 0.300. The molecule has 16 heavy (non-hydrogen) atoms. The Hall–Kier alpha value is -0.930. The smallest absolute Gasteiger partial charge is 0.158 e. The molecule has 0 aliphatic rings. The summed E-state index contributed by atoms with van der Waals surface area (Å²) in [5.41, 5.74) is -0.542. The average molecular weight is 261 g/mol. The number of thioether (sulfide) groups is 1. The molecule has 0 aliphatic carbocycles. The van der Waals surface area contributed by atoms with E-state index in [1.54, 1.807) is 6.26 Å². The molecule has 0 spiro atoms. The van der Waals surface area contributed by atoms with Gasteiger partial charge in [0, 0.05) is 11.8 Å². The molecule has 1 rings (SSSR count). The molecule has 0 aliphatic heterocycles. The Balaban J connectivity index is 3.79. The van der Waals surface area contributed by atoms with Gasteiger partial charge in [0.2, 0.25) is 0 Å². The lowest BCUT2D eigenvalue weighted by molar-refractivity contribution is 0.541. The van der Waals surface area contributed by atoms with E-state index in [2.05, 4.69) is 0 Å². The summed E-state index contributed by atoms with van der Waals surface area (Å²) < 4.78 is 38.7. The Morgan fingerprint density at radius 2 is 1.94 bits per heavy atom. The second-order valence-electron chi connectivity index (χ2n) is 3.06. The number of nitrogens with zero attached hydrogens (tertiary/aromatic N) is 1. The van der Waals surface area contributed by atoms with E-state index in [4.69, 9.17) is 5.26 Å². The molecule has 0 fully saturated rings. The minimum absolute atomic E-state index is 0.0723. The number of hydrogen-bond acceptors (Lipinski definition) is 3. The highest BCUT2D eigenvalue weighted by atomic mass is 32.2. The van der Waals surface area contributed by atoms with Crippen LogP contribution in [0.5, 0.6) is 0 Å². The number of rotatable bonds is 2. The van der Waals surface area contributed by atoms with Crippen LogP contribution in [0, 0.1) is 29.9 Å². The van der Waals surface area contributed by atoms with Gasteiger partial charge in [0.05, 0.1) is 20.6 Å². The van der Waals surface area contributed by atoms with Gasteiger partial charge in [0.15, 0.2) is 5.82 Å². The van der Waals surface area contributed by atoms with E-state index in [0.717, 1.165) is 11.8 Å². The first-order valence-electron chi connectivity index (χ1n) is 4.24. The Labute approximate surface area is 99.1 Å². The lowest BCUT2D eigenvalue weighted by atomic mass is 10.1. The van der Waals surface area contributed by atoms with Gasteiger partial charge in [-0.25, -0.2) is 8.78 Å². The summed E-state index contributed by atoms with van der Waals surface area (Å²) in [6.45, 7) is 1.39.